The van der Waals surface area contributed by atoms with Gasteiger partial charge in [-0.05, 0) is 54.5 Å². The number of thiophene rings is 1. The summed E-state index contributed by atoms with van der Waals surface area (Å²) in [4.78, 5) is 6.85. The molecule has 0 saturated carbocycles. The fourth-order valence-electron chi connectivity index (χ4n) is 3.24. The topological polar surface area (TPSA) is 48.9 Å². The molecule has 1 saturated heterocycles. The number of anilines is 1. The fourth-order valence-corrected chi connectivity index (χ4v) is 4.03. The number of rotatable bonds is 5. The van der Waals surface area contributed by atoms with Gasteiger partial charge in [0.15, 0.2) is 5.96 Å². The van der Waals surface area contributed by atoms with Gasteiger partial charge < -0.3 is 20.3 Å². The van der Waals surface area contributed by atoms with Crippen LogP contribution in [-0.2, 0) is 6.54 Å². The van der Waals surface area contributed by atoms with Gasteiger partial charge in [0, 0.05) is 32.7 Å². The minimum Gasteiger partial charge on any atom is -0.496 e. The van der Waals surface area contributed by atoms with Crippen molar-refractivity contribution in [2.45, 2.75) is 32.4 Å². The summed E-state index contributed by atoms with van der Waals surface area (Å²) >= 11 is 1.82. The second kappa shape index (κ2) is 8.94. The Labute approximate surface area is 160 Å². The molecular formula is C20H28N4OS. The van der Waals surface area contributed by atoms with Crippen molar-refractivity contribution >= 4 is 22.3 Å². The van der Waals surface area contributed by atoms with Crippen LogP contribution in [0.5, 0.6) is 5.75 Å². The molecule has 0 atom stereocenters. The van der Waals surface area contributed by atoms with E-state index in [4.69, 9.17) is 4.74 Å². The molecule has 2 N–H and O–H groups in total. The first-order valence-electron chi connectivity index (χ1n) is 9.08. The quantitative estimate of drug-likeness (QED) is 0.624. The van der Waals surface area contributed by atoms with Gasteiger partial charge in [-0.2, -0.15) is 0 Å². The van der Waals surface area contributed by atoms with Crippen molar-refractivity contribution in [3.8, 4) is 5.75 Å². The number of nitrogens with zero attached hydrogens (tertiary/aromatic N) is 2. The molecule has 2 heterocycles. The van der Waals surface area contributed by atoms with Crippen LogP contribution in [0.15, 0.2) is 40.7 Å². The van der Waals surface area contributed by atoms with Crippen molar-refractivity contribution in [3.05, 3.63) is 46.8 Å². The third-order valence-corrected chi connectivity index (χ3v) is 5.74. The highest BCUT2D eigenvalue weighted by Gasteiger charge is 2.20. The molecule has 0 radical (unpaired) electrons. The zero-order chi connectivity index (χ0) is 18.4. The Balaban J connectivity index is 1.48. The van der Waals surface area contributed by atoms with Crippen molar-refractivity contribution in [1.29, 1.82) is 0 Å². The molecule has 1 aliphatic rings. The Kier molecular flexibility index (Phi) is 6.39. The predicted molar refractivity (Wildman–Crippen MR) is 111 cm³/mol. The summed E-state index contributed by atoms with van der Waals surface area (Å²) in [6.07, 6.45) is 2.24. The fraction of sp³-hybridized carbons (Fsp3) is 0.450. The van der Waals surface area contributed by atoms with Crippen LogP contribution in [0.2, 0.25) is 0 Å². The number of hydrogen-bond donors (Lipinski definition) is 2. The standard InChI is InChI=1S/C20H28N4OS/c1-15-6-7-16(13-18(15)25-3)14-22-20(21-2)23-17-8-10-24(11-9-17)19-5-4-12-26-19/h4-7,12-13,17H,8-11,14H2,1-3H3,(H2,21,22,23). The third kappa shape index (κ3) is 4.69. The predicted octanol–water partition coefficient (Wildman–Crippen LogP) is 3.40. The van der Waals surface area contributed by atoms with Gasteiger partial charge in [0.2, 0.25) is 0 Å². The number of aryl methyl sites for hydroxylation is 1. The van der Waals surface area contributed by atoms with Crippen molar-refractivity contribution in [3.63, 3.8) is 0 Å². The van der Waals surface area contributed by atoms with E-state index in [9.17, 15) is 0 Å². The number of ether oxygens (including phenoxy) is 1. The summed E-state index contributed by atoms with van der Waals surface area (Å²) in [5, 5.41) is 10.5. The molecule has 0 unspecified atom stereocenters. The zero-order valence-electron chi connectivity index (χ0n) is 15.8. The average Bonchev–Trinajstić information content (AvgIpc) is 3.21. The van der Waals surface area contributed by atoms with Gasteiger partial charge in [-0.1, -0.05) is 12.1 Å². The molecule has 2 aromatic rings. The molecular weight excluding hydrogens is 344 g/mol. The van der Waals surface area contributed by atoms with Gasteiger partial charge in [-0.15, -0.1) is 11.3 Å². The van der Waals surface area contributed by atoms with E-state index in [2.05, 4.69) is 63.2 Å². The maximum atomic E-state index is 5.40. The van der Waals surface area contributed by atoms with Crippen molar-refractivity contribution < 1.29 is 4.74 Å². The highest BCUT2D eigenvalue weighted by Crippen LogP contribution is 2.24. The van der Waals surface area contributed by atoms with Gasteiger partial charge in [0.25, 0.3) is 0 Å². The molecule has 0 bridgehead atoms. The lowest BCUT2D eigenvalue weighted by atomic mass is 10.1. The summed E-state index contributed by atoms with van der Waals surface area (Å²) in [6, 6.07) is 11.1. The van der Waals surface area contributed by atoms with Crippen molar-refractivity contribution in [2.75, 3.05) is 32.1 Å². The summed E-state index contributed by atoms with van der Waals surface area (Å²) in [6.45, 7) is 4.96. The second-order valence-electron chi connectivity index (χ2n) is 6.59. The lowest BCUT2D eigenvalue weighted by Crippen LogP contribution is -2.48. The van der Waals surface area contributed by atoms with Gasteiger partial charge in [-0.25, -0.2) is 0 Å². The Morgan fingerprint density at radius 1 is 1.31 bits per heavy atom. The number of aliphatic imine (C=N–C) groups is 1. The number of nitrogens with one attached hydrogen (secondary N) is 2. The number of methoxy groups -OCH3 is 1. The molecule has 1 aromatic heterocycles. The van der Waals surface area contributed by atoms with Crippen LogP contribution in [0.1, 0.15) is 24.0 Å². The first-order valence-corrected chi connectivity index (χ1v) is 9.96. The lowest BCUT2D eigenvalue weighted by Gasteiger charge is -2.33. The van der Waals surface area contributed by atoms with Crippen LogP contribution in [0, 0.1) is 6.92 Å². The van der Waals surface area contributed by atoms with Crippen LogP contribution >= 0.6 is 11.3 Å². The summed E-state index contributed by atoms with van der Waals surface area (Å²) < 4.78 is 5.40. The molecule has 0 aliphatic carbocycles. The van der Waals surface area contributed by atoms with Crippen LogP contribution in [0.4, 0.5) is 5.00 Å². The van der Waals surface area contributed by atoms with Crippen LogP contribution in [-0.4, -0.2) is 39.2 Å². The molecule has 3 rings (SSSR count). The Morgan fingerprint density at radius 3 is 2.77 bits per heavy atom. The molecule has 0 amide bonds. The Morgan fingerprint density at radius 2 is 2.12 bits per heavy atom. The SMILES string of the molecule is CN=C(NCc1ccc(C)c(OC)c1)NC1CCN(c2cccs2)CC1. The van der Waals surface area contributed by atoms with E-state index >= 15 is 0 Å². The van der Waals surface area contributed by atoms with E-state index in [0.717, 1.165) is 49.7 Å². The molecule has 26 heavy (non-hydrogen) atoms. The maximum Gasteiger partial charge on any atom is 0.191 e. The molecule has 1 fully saturated rings. The molecule has 1 aliphatic heterocycles. The normalized spacial score (nSPS) is 15.8. The van der Waals surface area contributed by atoms with E-state index in [1.54, 1.807) is 7.11 Å². The molecule has 6 heteroatoms. The molecule has 0 spiro atoms. The van der Waals surface area contributed by atoms with Crippen molar-refractivity contribution in [2.24, 2.45) is 4.99 Å². The Hall–Kier alpha value is -2.21. The molecule has 5 nitrogen and oxygen atoms in total. The molecule has 140 valence electrons. The van der Waals surface area contributed by atoms with Gasteiger partial charge in [-0.3, -0.25) is 4.99 Å². The van der Waals surface area contributed by atoms with E-state index < -0.39 is 0 Å². The van der Waals surface area contributed by atoms with E-state index in [0.29, 0.717) is 6.04 Å². The summed E-state index contributed by atoms with van der Waals surface area (Å²) in [5.74, 6) is 1.78. The second-order valence-corrected chi connectivity index (χ2v) is 7.51. The summed E-state index contributed by atoms with van der Waals surface area (Å²) in [7, 11) is 3.54. The maximum absolute atomic E-state index is 5.40. The third-order valence-electron chi connectivity index (χ3n) is 4.81. The average molecular weight is 373 g/mol. The van der Waals surface area contributed by atoms with E-state index in [1.165, 1.54) is 10.6 Å². The number of piperidine rings is 1. The lowest BCUT2D eigenvalue weighted by molar-refractivity contribution is 0.411. The number of guanidine groups is 1. The van der Waals surface area contributed by atoms with Crippen LogP contribution in [0.25, 0.3) is 0 Å². The first-order chi connectivity index (χ1) is 12.7. The number of hydrogen-bond acceptors (Lipinski definition) is 4. The van der Waals surface area contributed by atoms with Gasteiger partial charge in [0.05, 0.1) is 12.1 Å². The Bertz CT molecular complexity index is 721. The van der Waals surface area contributed by atoms with E-state index in [-0.39, 0.29) is 0 Å². The highest BCUT2D eigenvalue weighted by atomic mass is 32.1. The monoisotopic (exact) mass is 372 g/mol. The smallest absolute Gasteiger partial charge is 0.191 e. The zero-order valence-corrected chi connectivity index (χ0v) is 16.6. The van der Waals surface area contributed by atoms with Crippen molar-refractivity contribution in [1.82, 2.24) is 10.6 Å². The van der Waals surface area contributed by atoms with Crippen LogP contribution in [0.3, 0.4) is 0 Å². The van der Waals surface area contributed by atoms with Gasteiger partial charge in [0.1, 0.15) is 5.75 Å². The largest absolute Gasteiger partial charge is 0.496 e. The highest BCUT2D eigenvalue weighted by molar-refractivity contribution is 7.14. The number of benzene rings is 1. The van der Waals surface area contributed by atoms with E-state index in [1.807, 2.05) is 18.4 Å². The molecule has 1 aromatic carbocycles. The minimum atomic E-state index is 0.463. The van der Waals surface area contributed by atoms with Crippen LogP contribution < -0.4 is 20.3 Å². The first kappa shape index (κ1) is 18.6. The minimum absolute atomic E-state index is 0.463. The summed E-state index contributed by atoms with van der Waals surface area (Å²) in [5.41, 5.74) is 2.33. The van der Waals surface area contributed by atoms with Gasteiger partial charge >= 0.3 is 0 Å².